The number of hydrogen-bond acceptors (Lipinski definition) is 4. The van der Waals surface area contributed by atoms with E-state index in [1.165, 1.54) is 37.7 Å². The average Bonchev–Trinajstić information content (AvgIpc) is 2.82. The first-order valence-corrected chi connectivity index (χ1v) is 12.6. The summed E-state index contributed by atoms with van der Waals surface area (Å²) < 4.78 is 11.9. The highest BCUT2D eigenvalue weighted by molar-refractivity contribution is 5.95. The Kier molecular flexibility index (Phi) is 8.65. The third kappa shape index (κ3) is 6.97. The predicted molar refractivity (Wildman–Crippen MR) is 132 cm³/mol. The van der Waals surface area contributed by atoms with Gasteiger partial charge in [-0.2, -0.15) is 0 Å². The Labute approximate surface area is 198 Å². The van der Waals surface area contributed by atoms with Gasteiger partial charge in [0.25, 0.3) is 5.91 Å². The SMILES string of the molecule is COc1cc(C(=O)NC2CCN(Cc3ccccc3)CC2)ccc1OC1CCCCCCC1. The van der Waals surface area contributed by atoms with Crippen LogP contribution >= 0.6 is 0 Å². The molecule has 1 heterocycles. The van der Waals surface area contributed by atoms with Crippen LogP contribution in [0.2, 0.25) is 0 Å². The minimum absolute atomic E-state index is 0.0349. The van der Waals surface area contributed by atoms with Crippen LogP contribution in [0.5, 0.6) is 11.5 Å². The summed E-state index contributed by atoms with van der Waals surface area (Å²) in [4.78, 5) is 15.4. The predicted octanol–water partition coefficient (Wildman–Crippen LogP) is 5.58. The zero-order valence-electron chi connectivity index (χ0n) is 19.9. The Bertz CT molecular complexity index is 870. The number of nitrogens with one attached hydrogen (secondary N) is 1. The number of nitrogens with zero attached hydrogens (tertiary/aromatic N) is 1. The summed E-state index contributed by atoms with van der Waals surface area (Å²) in [7, 11) is 1.64. The van der Waals surface area contributed by atoms with Gasteiger partial charge < -0.3 is 14.8 Å². The molecule has 1 amide bonds. The first-order valence-electron chi connectivity index (χ1n) is 12.6. The Hall–Kier alpha value is -2.53. The number of likely N-dealkylation sites (tertiary alicyclic amines) is 1. The minimum Gasteiger partial charge on any atom is -0.493 e. The summed E-state index contributed by atoms with van der Waals surface area (Å²) in [5.74, 6) is 1.35. The summed E-state index contributed by atoms with van der Waals surface area (Å²) in [6.45, 7) is 2.97. The van der Waals surface area contributed by atoms with Crippen LogP contribution in [-0.4, -0.2) is 43.2 Å². The molecule has 1 aliphatic heterocycles. The number of carbonyl (C=O) groups excluding carboxylic acids is 1. The minimum atomic E-state index is -0.0349. The Morgan fingerprint density at radius 2 is 1.61 bits per heavy atom. The molecule has 2 aromatic carbocycles. The van der Waals surface area contributed by atoms with Crippen LogP contribution in [0.25, 0.3) is 0 Å². The van der Waals surface area contributed by atoms with Crippen molar-refractivity contribution in [2.24, 2.45) is 0 Å². The lowest BCUT2D eigenvalue weighted by atomic mass is 9.98. The van der Waals surface area contributed by atoms with Gasteiger partial charge in [0, 0.05) is 31.2 Å². The lowest BCUT2D eigenvalue weighted by molar-refractivity contribution is 0.0908. The molecule has 0 spiro atoms. The molecule has 2 aliphatic rings. The van der Waals surface area contributed by atoms with Gasteiger partial charge in [-0.1, -0.05) is 49.6 Å². The molecule has 0 radical (unpaired) electrons. The molecule has 5 heteroatoms. The zero-order chi connectivity index (χ0) is 22.9. The first-order chi connectivity index (χ1) is 16.2. The average molecular weight is 451 g/mol. The van der Waals surface area contributed by atoms with Gasteiger partial charge in [0.15, 0.2) is 11.5 Å². The maximum Gasteiger partial charge on any atom is 0.251 e. The monoisotopic (exact) mass is 450 g/mol. The van der Waals surface area contributed by atoms with Gasteiger partial charge in [0.05, 0.1) is 13.2 Å². The molecule has 2 aromatic rings. The van der Waals surface area contributed by atoms with E-state index < -0.39 is 0 Å². The fourth-order valence-electron chi connectivity index (χ4n) is 4.97. The number of hydrogen-bond donors (Lipinski definition) is 1. The van der Waals surface area contributed by atoms with E-state index >= 15 is 0 Å². The quantitative estimate of drug-likeness (QED) is 0.598. The van der Waals surface area contributed by atoms with Crippen LogP contribution in [0.3, 0.4) is 0 Å². The number of amides is 1. The van der Waals surface area contributed by atoms with Crippen molar-refractivity contribution in [3.05, 3.63) is 59.7 Å². The van der Waals surface area contributed by atoms with Gasteiger partial charge in [-0.15, -0.1) is 0 Å². The summed E-state index contributed by atoms with van der Waals surface area (Å²) in [5.41, 5.74) is 1.97. The molecule has 2 fully saturated rings. The van der Waals surface area contributed by atoms with Gasteiger partial charge in [0.1, 0.15) is 0 Å². The van der Waals surface area contributed by atoms with Crippen LogP contribution in [-0.2, 0) is 6.54 Å². The molecular weight excluding hydrogens is 412 g/mol. The fraction of sp³-hybridized carbons (Fsp3) is 0.536. The standard InChI is InChI=1S/C28H38N2O3/c1-32-27-20-23(14-15-26(27)33-25-12-8-3-2-4-9-13-25)28(31)29-24-16-18-30(19-17-24)21-22-10-6-5-7-11-22/h5-7,10-11,14-15,20,24-25H,2-4,8-9,12-13,16-19,21H2,1H3,(H,29,31). The highest BCUT2D eigenvalue weighted by Gasteiger charge is 2.22. The van der Waals surface area contributed by atoms with Crippen molar-refractivity contribution in [2.45, 2.75) is 76.5 Å². The van der Waals surface area contributed by atoms with Crippen LogP contribution < -0.4 is 14.8 Å². The van der Waals surface area contributed by atoms with E-state index in [1.54, 1.807) is 7.11 Å². The summed E-state index contributed by atoms with van der Waals surface area (Å²) in [6.07, 6.45) is 10.7. The second-order valence-electron chi connectivity index (χ2n) is 9.46. The highest BCUT2D eigenvalue weighted by Crippen LogP contribution is 2.31. The van der Waals surface area contributed by atoms with E-state index in [0.29, 0.717) is 11.3 Å². The summed E-state index contributed by atoms with van der Waals surface area (Å²) in [6, 6.07) is 16.4. The zero-order valence-corrected chi connectivity index (χ0v) is 19.9. The molecule has 0 unspecified atom stereocenters. The Morgan fingerprint density at radius 1 is 0.909 bits per heavy atom. The van der Waals surface area contributed by atoms with E-state index in [9.17, 15) is 4.79 Å². The number of benzene rings is 2. The molecule has 1 saturated heterocycles. The maximum absolute atomic E-state index is 12.9. The van der Waals surface area contributed by atoms with Gasteiger partial charge in [0.2, 0.25) is 0 Å². The van der Waals surface area contributed by atoms with Gasteiger partial charge in [-0.3, -0.25) is 9.69 Å². The molecule has 33 heavy (non-hydrogen) atoms. The molecule has 178 valence electrons. The second kappa shape index (κ2) is 12.1. The Morgan fingerprint density at radius 3 is 2.30 bits per heavy atom. The first kappa shape index (κ1) is 23.6. The number of methoxy groups -OCH3 is 1. The van der Waals surface area contributed by atoms with E-state index in [2.05, 4.69) is 40.5 Å². The van der Waals surface area contributed by atoms with Crippen molar-refractivity contribution < 1.29 is 14.3 Å². The van der Waals surface area contributed by atoms with Gasteiger partial charge in [-0.25, -0.2) is 0 Å². The molecule has 1 saturated carbocycles. The van der Waals surface area contributed by atoms with Crippen molar-refractivity contribution in [2.75, 3.05) is 20.2 Å². The van der Waals surface area contributed by atoms with Crippen LogP contribution in [0.1, 0.15) is 73.7 Å². The van der Waals surface area contributed by atoms with Crippen LogP contribution in [0.4, 0.5) is 0 Å². The molecule has 1 aliphatic carbocycles. The molecule has 0 aromatic heterocycles. The normalized spacial score (nSPS) is 18.8. The highest BCUT2D eigenvalue weighted by atomic mass is 16.5. The molecule has 4 rings (SSSR count). The lowest BCUT2D eigenvalue weighted by Gasteiger charge is -2.32. The van der Waals surface area contributed by atoms with Crippen LogP contribution in [0, 0.1) is 0 Å². The number of piperidine rings is 1. The van der Waals surface area contributed by atoms with Crippen molar-refractivity contribution in [3.63, 3.8) is 0 Å². The van der Waals surface area contributed by atoms with Crippen molar-refractivity contribution in [3.8, 4) is 11.5 Å². The van der Waals surface area contributed by atoms with Crippen molar-refractivity contribution in [1.29, 1.82) is 0 Å². The molecule has 0 atom stereocenters. The Balaban J connectivity index is 1.29. The van der Waals surface area contributed by atoms with E-state index in [4.69, 9.17) is 9.47 Å². The lowest BCUT2D eigenvalue weighted by Crippen LogP contribution is -2.44. The number of rotatable bonds is 7. The van der Waals surface area contributed by atoms with Crippen molar-refractivity contribution in [1.82, 2.24) is 10.2 Å². The fourth-order valence-corrected chi connectivity index (χ4v) is 4.97. The van der Waals surface area contributed by atoms with Crippen molar-refractivity contribution >= 4 is 5.91 Å². The number of carbonyl (C=O) groups is 1. The van der Waals surface area contributed by atoms with E-state index in [-0.39, 0.29) is 18.1 Å². The molecule has 0 bridgehead atoms. The van der Waals surface area contributed by atoms with Crippen LogP contribution in [0.15, 0.2) is 48.5 Å². The third-order valence-corrected chi connectivity index (χ3v) is 6.94. The smallest absolute Gasteiger partial charge is 0.251 e. The topological polar surface area (TPSA) is 50.8 Å². The van der Waals surface area contributed by atoms with E-state index in [1.807, 2.05) is 18.2 Å². The van der Waals surface area contributed by atoms with E-state index in [0.717, 1.165) is 51.1 Å². The maximum atomic E-state index is 12.9. The molecular formula is C28H38N2O3. The largest absolute Gasteiger partial charge is 0.493 e. The summed E-state index contributed by atoms with van der Waals surface area (Å²) >= 11 is 0. The second-order valence-corrected chi connectivity index (χ2v) is 9.46. The van der Waals surface area contributed by atoms with Gasteiger partial charge >= 0.3 is 0 Å². The molecule has 5 nitrogen and oxygen atoms in total. The third-order valence-electron chi connectivity index (χ3n) is 6.94. The number of ether oxygens (including phenoxy) is 2. The summed E-state index contributed by atoms with van der Waals surface area (Å²) in [5, 5.41) is 3.22. The van der Waals surface area contributed by atoms with Gasteiger partial charge in [-0.05, 0) is 62.3 Å². The molecule has 1 N–H and O–H groups in total.